The molecule has 0 saturated heterocycles. The number of hydrogen-bond acceptors (Lipinski definition) is 6. The number of carbonyl (C=O) groups is 3. The molecule has 4 aromatic rings. The van der Waals surface area contributed by atoms with Gasteiger partial charge in [0, 0.05) is 0 Å². The van der Waals surface area contributed by atoms with Gasteiger partial charge in [0.2, 0.25) is 0 Å². The van der Waals surface area contributed by atoms with Crippen molar-refractivity contribution in [2.24, 2.45) is 0 Å². The minimum Gasteiger partial charge on any atom is -0.507 e. The summed E-state index contributed by atoms with van der Waals surface area (Å²) in [6, 6.07) is 5.47. The van der Waals surface area contributed by atoms with Gasteiger partial charge >= 0.3 is 17.9 Å². The summed E-state index contributed by atoms with van der Waals surface area (Å²) in [7, 11) is 0. The number of aromatic hydroxyl groups is 3. The van der Waals surface area contributed by atoms with Gasteiger partial charge in [-0.2, -0.15) is 0 Å². The van der Waals surface area contributed by atoms with Crippen LogP contribution in [0.2, 0.25) is 0 Å². The maximum atomic E-state index is 13.7. The normalized spacial score (nSPS) is 12.3. The average molecular weight is 781 g/mol. The highest BCUT2D eigenvalue weighted by atomic mass is 16.4. The summed E-state index contributed by atoms with van der Waals surface area (Å²) in [5, 5.41) is 67.7. The van der Waals surface area contributed by atoms with Crippen molar-refractivity contribution in [3.63, 3.8) is 0 Å². The largest absolute Gasteiger partial charge is 0.507 e. The van der Waals surface area contributed by atoms with Crippen LogP contribution in [0.15, 0.2) is 18.2 Å². The topological polar surface area (TPSA) is 173 Å². The highest BCUT2D eigenvalue weighted by Gasteiger charge is 2.36. The molecule has 9 nitrogen and oxygen atoms in total. The molecule has 6 N–H and O–H groups in total. The van der Waals surface area contributed by atoms with Gasteiger partial charge in [-0.15, -0.1) is 0 Å². The van der Waals surface area contributed by atoms with Crippen LogP contribution in [0.5, 0.6) is 17.2 Å². The van der Waals surface area contributed by atoms with E-state index in [9.17, 15) is 45.0 Å². The lowest BCUT2D eigenvalue weighted by atomic mass is 9.76. The maximum absolute atomic E-state index is 13.7. The molecule has 0 atom stereocenters. The van der Waals surface area contributed by atoms with Crippen LogP contribution in [-0.4, -0.2) is 48.5 Å². The molecule has 0 bridgehead atoms. The summed E-state index contributed by atoms with van der Waals surface area (Å²) in [5.41, 5.74) is 4.10. The van der Waals surface area contributed by atoms with Gasteiger partial charge in [-0.25, -0.2) is 14.4 Å². The molecule has 0 heterocycles. The zero-order chi connectivity index (χ0) is 43.6. The van der Waals surface area contributed by atoms with Crippen molar-refractivity contribution in [2.75, 3.05) is 0 Å². The van der Waals surface area contributed by atoms with Crippen molar-refractivity contribution in [2.45, 2.75) is 139 Å². The molecule has 0 aromatic heterocycles. The number of phenolic OH excluding ortho intramolecular Hbond substituents is 3. The molecule has 306 valence electrons. The lowest BCUT2D eigenvalue weighted by Crippen LogP contribution is -2.24. The fourth-order valence-electron chi connectivity index (χ4n) is 8.33. The van der Waals surface area contributed by atoms with Gasteiger partial charge in [0.1, 0.15) is 17.2 Å². The lowest BCUT2D eigenvalue weighted by Gasteiger charge is -2.28. The summed E-state index contributed by atoms with van der Waals surface area (Å²) in [5.74, 6) is -4.48. The van der Waals surface area contributed by atoms with E-state index in [1.54, 1.807) is 20.8 Å². The monoisotopic (exact) mass is 780 g/mol. The second kappa shape index (κ2) is 15.2. The number of aryl methyl sites for hydroxylation is 3. The Morgan fingerprint density at radius 1 is 0.404 bits per heavy atom. The predicted octanol–water partition coefficient (Wildman–Crippen LogP) is 10.4. The molecule has 4 rings (SSSR count). The molecule has 0 aliphatic heterocycles. The minimum absolute atomic E-state index is 0.0146. The first kappa shape index (κ1) is 44.4. The average Bonchev–Trinajstić information content (AvgIpc) is 3.05. The van der Waals surface area contributed by atoms with Crippen LogP contribution >= 0.6 is 0 Å². The van der Waals surface area contributed by atoms with Gasteiger partial charge < -0.3 is 30.6 Å². The van der Waals surface area contributed by atoms with E-state index in [1.807, 2.05) is 101 Å². The highest BCUT2D eigenvalue weighted by Crippen LogP contribution is 2.43. The van der Waals surface area contributed by atoms with Crippen LogP contribution < -0.4 is 0 Å². The van der Waals surface area contributed by atoms with Crippen LogP contribution in [0.25, 0.3) is 0 Å². The fraction of sp³-hybridized carbons (Fsp3) is 0.438. The molecular formula is C48H60O9. The maximum Gasteiger partial charge on any atom is 0.336 e. The van der Waals surface area contributed by atoms with E-state index < -0.39 is 50.8 Å². The third-order valence-corrected chi connectivity index (χ3v) is 11.6. The number of carboxylic acids is 3. The number of benzene rings is 4. The van der Waals surface area contributed by atoms with Crippen molar-refractivity contribution in [1.29, 1.82) is 0 Å². The van der Waals surface area contributed by atoms with Crippen LogP contribution in [0.4, 0.5) is 0 Å². The van der Waals surface area contributed by atoms with Crippen molar-refractivity contribution < 1.29 is 45.0 Å². The third kappa shape index (κ3) is 8.25. The summed E-state index contributed by atoms with van der Waals surface area (Å²) >= 11 is 0. The summed E-state index contributed by atoms with van der Waals surface area (Å²) in [4.78, 5) is 41.0. The van der Waals surface area contributed by atoms with Crippen LogP contribution in [0.1, 0.15) is 177 Å². The van der Waals surface area contributed by atoms with E-state index >= 15 is 0 Å². The standard InChI is InChI=1S/C48H60O9/c1-22-16-34(46(7,8)9)40(49)25(4)28(22)19-31-37(43(52)53)32(20-29-23(2)17-35(47(10,11)12)41(50)26(29)5)39(45(56)57)33(38(31)44(54)55)21-30-24(3)18-36(48(13,14)15)42(51)27(30)6/h16-18,49-51H,19-21H2,1-15H3,(H,52,53)(H,54,55)(H,56,57). The Morgan fingerprint density at radius 3 is 0.754 bits per heavy atom. The molecule has 0 unspecified atom stereocenters. The Bertz CT molecular complexity index is 2060. The van der Waals surface area contributed by atoms with Gasteiger partial charge in [0.15, 0.2) is 0 Å². The zero-order valence-electron chi connectivity index (χ0n) is 36.3. The first-order valence-electron chi connectivity index (χ1n) is 19.3. The second-order valence-electron chi connectivity index (χ2n) is 18.8. The van der Waals surface area contributed by atoms with Crippen molar-refractivity contribution in [3.05, 3.63) is 118 Å². The van der Waals surface area contributed by atoms with Crippen molar-refractivity contribution in [1.82, 2.24) is 0 Å². The summed E-state index contributed by atoms with van der Waals surface area (Å²) < 4.78 is 0. The van der Waals surface area contributed by atoms with E-state index in [0.717, 1.165) is 0 Å². The molecular weight excluding hydrogens is 721 g/mol. The number of rotatable bonds is 9. The molecule has 0 amide bonds. The molecule has 0 aliphatic rings. The first-order chi connectivity index (χ1) is 25.9. The van der Waals surface area contributed by atoms with E-state index in [4.69, 9.17) is 0 Å². The van der Waals surface area contributed by atoms with Gasteiger partial charge in [-0.05, 0) is 161 Å². The fourth-order valence-corrected chi connectivity index (χ4v) is 8.33. The Morgan fingerprint density at radius 2 is 0.596 bits per heavy atom. The van der Waals surface area contributed by atoms with E-state index in [-0.39, 0.29) is 53.2 Å². The number of phenols is 3. The van der Waals surface area contributed by atoms with Gasteiger partial charge in [0.25, 0.3) is 0 Å². The summed E-state index contributed by atoms with van der Waals surface area (Å²) in [6.45, 7) is 28.2. The Labute approximate surface area is 337 Å². The second-order valence-corrected chi connectivity index (χ2v) is 18.8. The third-order valence-electron chi connectivity index (χ3n) is 11.6. The van der Waals surface area contributed by atoms with Crippen molar-refractivity contribution >= 4 is 17.9 Å². The van der Waals surface area contributed by atoms with Crippen LogP contribution in [-0.2, 0) is 35.5 Å². The smallest absolute Gasteiger partial charge is 0.336 e. The highest BCUT2D eigenvalue weighted by molar-refractivity contribution is 6.05. The zero-order valence-corrected chi connectivity index (χ0v) is 36.3. The Hall–Kier alpha value is -5.31. The Balaban J connectivity index is 2.27. The van der Waals surface area contributed by atoms with Gasteiger partial charge in [0.05, 0.1) is 16.7 Å². The SMILES string of the molecule is Cc1cc(C(C)(C)C)c(O)c(C)c1Cc1c(C(=O)O)c(Cc2c(C)cc(C(C)(C)C)c(O)c2C)c(C(=O)O)c(Cc2c(C)cc(C(C)(C)C)c(O)c2C)c1C(=O)O. The number of carboxylic acid groups (broad SMARTS) is 3. The molecule has 0 fully saturated rings. The quantitative estimate of drug-likeness (QED) is 0.0966. The first-order valence-corrected chi connectivity index (χ1v) is 19.3. The van der Waals surface area contributed by atoms with E-state index in [1.165, 1.54) is 0 Å². The molecule has 0 saturated carbocycles. The van der Waals surface area contributed by atoms with Gasteiger partial charge in [-0.3, -0.25) is 0 Å². The molecule has 0 spiro atoms. The van der Waals surface area contributed by atoms with Crippen LogP contribution in [0, 0.1) is 41.5 Å². The Kier molecular flexibility index (Phi) is 11.9. The predicted molar refractivity (Wildman–Crippen MR) is 225 cm³/mol. The van der Waals surface area contributed by atoms with E-state index in [0.29, 0.717) is 66.8 Å². The molecule has 4 aromatic carbocycles. The minimum atomic E-state index is -1.51. The van der Waals surface area contributed by atoms with Crippen molar-refractivity contribution in [3.8, 4) is 17.2 Å². The van der Waals surface area contributed by atoms with E-state index in [2.05, 4.69) is 0 Å². The molecule has 0 aliphatic carbocycles. The van der Waals surface area contributed by atoms with Crippen LogP contribution in [0.3, 0.4) is 0 Å². The number of aromatic carboxylic acids is 3. The molecule has 9 heteroatoms. The lowest BCUT2D eigenvalue weighted by molar-refractivity contribution is 0.0694. The molecule has 0 radical (unpaired) electrons. The molecule has 57 heavy (non-hydrogen) atoms. The van der Waals surface area contributed by atoms with Gasteiger partial charge in [-0.1, -0.05) is 80.5 Å². The summed E-state index contributed by atoms with van der Waals surface area (Å²) in [6.07, 6.45) is -0.717. The number of hydrogen-bond donors (Lipinski definition) is 6.